The van der Waals surface area contributed by atoms with Crippen LogP contribution in [0.1, 0.15) is 6.42 Å². The zero-order valence-electron chi connectivity index (χ0n) is 13.6. The summed E-state index contributed by atoms with van der Waals surface area (Å²) in [5.74, 6) is 0.147. The second kappa shape index (κ2) is 7.38. The summed E-state index contributed by atoms with van der Waals surface area (Å²) in [6, 6.07) is 9.06. The van der Waals surface area contributed by atoms with Gasteiger partial charge >= 0.3 is 0 Å². The molecule has 0 bridgehead atoms. The summed E-state index contributed by atoms with van der Waals surface area (Å²) >= 11 is 0. The Balaban J connectivity index is 1.78. The highest BCUT2D eigenvalue weighted by Gasteiger charge is 2.45. The van der Waals surface area contributed by atoms with Crippen molar-refractivity contribution in [3.63, 3.8) is 0 Å². The van der Waals surface area contributed by atoms with Gasteiger partial charge in [-0.05, 0) is 36.4 Å². The third kappa shape index (κ3) is 3.83. The van der Waals surface area contributed by atoms with E-state index in [-0.39, 0.29) is 24.5 Å². The quantitative estimate of drug-likeness (QED) is 0.501. The Morgan fingerprint density at radius 1 is 1.15 bits per heavy atom. The van der Waals surface area contributed by atoms with Crippen LogP contribution in [0.4, 0.5) is 0 Å². The van der Waals surface area contributed by atoms with Gasteiger partial charge in [0.15, 0.2) is 0 Å². The number of nitrogens with one attached hydrogen (secondary N) is 2. The van der Waals surface area contributed by atoms with Gasteiger partial charge in [0.2, 0.25) is 10.0 Å². The minimum Gasteiger partial charge on any atom is -0.457 e. The highest BCUT2D eigenvalue weighted by molar-refractivity contribution is 7.89. The molecule has 0 spiro atoms. The average Bonchev–Trinajstić information content (AvgIpc) is 3.11. The standard InChI is InChI=1S/C16H17N3O6S/c20-15(18-21)16(7-10-24-11-16)19-26(22,23)14-3-1-12(2-4-14)25-13-5-8-17-9-6-13/h1-6,8-9,19,21H,7,10-11H2,(H,18,20). The number of amides is 1. The van der Waals surface area contributed by atoms with E-state index < -0.39 is 21.5 Å². The fourth-order valence-corrected chi connectivity index (χ4v) is 3.90. The Bertz CT molecular complexity index is 865. The van der Waals surface area contributed by atoms with Crippen LogP contribution in [0.3, 0.4) is 0 Å². The summed E-state index contributed by atoms with van der Waals surface area (Å²) in [5, 5.41) is 8.89. The Kier molecular flexibility index (Phi) is 5.18. The zero-order chi connectivity index (χ0) is 18.6. The lowest BCUT2D eigenvalue weighted by Gasteiger charge is -2.25. The maximum atomic E-state index is 12.6. The molecule has 2 heterocycles. The van der Waals surface area contributed by atoms with E-state index in [1.807, 2.05) is 0 Å². The van der Waals surface area contributed by atoms with Crippen LogP contribution in [0.15, 0.2) is 53.7 Å². The van der Waals surface area contributed by atoms with E-state index in [1.54, 1.807) is 24.5 Å². The van der Waals surface area contributed by atoms with E-state index in [1.165, 1.54) is 29.7 Å². The highest BCUT2D eigenvalue weighted by atomic mass is 32.2. The second-order valence-electron chi connectivity index (χ2n) is 5.69. The molecule has 1 aliphatic heterocycles. The molecular weight excluding hydrogens is 362 g/mol. The predicted molar refractivity (Wildman–Crippen MR) is 89.2 cm³/mol. The van der Waals surface area contributed by atoms with E-state index >= 15 is 0 Å². The number of benzene rings is 1. The molecule has 2 aromatic rings. The first-order valence-corrected chi connectivity index (χ1v) is 9.18. The number of pyridine rings is 1. The van der Waals surface area contributed by atoms with Gasteiger partial charge in [0.1, 0.15) is 17.0 Å². The smallest absolute Gasteiger partial charge is 0.267 e. The molecule has 0 aliphatic carbocycles. The lowest BCUT2D eigenvalue weighted by atomic mass is 10.00. The number of aromatic nitrogens is 1. The summed E-state index contributed by atoms with van der Waals surface area (Å²) < 4.78 is 38.3. The molecule has 10 heteroatoms. The number of carbonyl (C=O) groups is 1. The normalized spacial score (nSPS) is 19.9. The molecule has 1 aliphatic rings. The molecule has 1 fully saturated rings. The summed E-state index contributed by atoms with van der Waals surface area (Å²) in [5.41, 5.74) is -0.0546. The number of ether oxygens (including phenoxy) is 2. The second-order valence-corrected chi connectivity index (χ2v) is 7.37. The number of hydrogen-bond acceptors (Lipinski definition) is 7. The molecular formula is C16H17N3O6S. The summed E-state index contributed by atoms with van der Waals surface area (Å²) in [7, 11) is -4.01. The van der Waals surface area contributed by atoms with Crippen molar-refractivity contribution < 1.29 is 27.9 Å². The topological polar surface area (TPSA) is 127 Å². The summed E-state index contributed by atoms with van der Waals surface area (Å²) in [6.45, 7) is 0.0382. The predicted octanol–water partition coefficient (Wildman–Crippen LogP) is 0.817. The summed E-state index contributed by atoms with van der Waals surface area (Å²) in [6.07, 6.45) is 3.27. The van der Waals surface area contributed by atoms with E-state index in [0.717, 1.165) is 0 Å². The van der Waals surface area contributed by atoms with Crippen molar-refractivity contribution >= 4 is 15.9 Å². The number of hydrogen-bond donors (Lipinski definition) is 3. The molecule has 1 amide bonds. The molecule has 1 saturated heterocycles. The van der Waals surface area contributed by atoms with Crippen molar-refractivity contribution in [3.05, 3.63) is 48.8 Å². The Labute approximate surface area is 150 Å². The van der Waals surface area contributed by atoms with Crippen LogP contribution < -0.4 is 14.9 Å². The SMILES string of the molecule is O=C(NO)C1(NS(=O)(=O)c2ccc(Oc3ccncc3)cc2)CCOC1. The molecule has 3 rings (SSSR count). The van der Waals surface area contributed by atoms with Crippen molar-refractivity contribution in [2.24, 2.45) is 0 Å². The van der Waals surface area contributed by atoms with Crippen LogP contribution in [-0.2, 0) is 19.6 Å². The number of sulfonamides is 1. The van der Waals surface area contributed by atoms with Gasteiger partial charge in [0.05, 0.1) is 11.5 Å². The van der Waals surface area contributed by atoms with Gasteiger partial charge in [-0.25, -0.2) is 13.9 Å². The van der Waals surface area contributed by atoms with Crippen LogP contribution in [-0.4, -0.2) is 43.3 Å². The fraction of sp³-hybridized carbons (Fsp3) is 0.250. The average molecular weight is 379 g/mol. The lowest BCUT2D eigenvalue weighted by Crippen LogP contribution is -2.58. The fourth-order valence-electron chi connectivity index (χ4n) is 2.52. The van der Waals surface area contributed by atoms with E-state index in [9.17, 15) is 13.2 Å². The van der Waals surface area contributed by atoms with Crippen molar-refractivity contribution in [1.82, 2.24) is 15.2 Å². The van der Waals surface area contributed by atoms with Gasteiger partial charge in [0.25, 0.3) is 5.91 Å². The highest BCUT2D eigenvalue weighted by Crippen LogP contribution is 2.25. The first-order chi connectivity index (χ1) is 12.5. The van der Waals surface area contributed by atoms with Gasteiger partial charge in [-0.3, -0.25) is 15.0 Å². The monoisotopic (exact) mass is 379 g/mol. The Morgan fingerprint density at radius 3 is 2.38 bits per heavy atom. The first kappa shape index (κ1) is 18.3. The molecule has 138 valence electrons. The Hall–Kier alpha value is -2.53. The minimum absolute atomic E-state index is 0.0448. The van der Waals surface area contributed by atoms with Gasteiger partial charge in [-0.15, -0.1) is 0 Å². The molecule has 3 N–H and O–H groups in total. The number of hydroxylamine groups is 1. The molecule has 1 unspecified atom stereocenters. The van der Waals surface area contributed by atoms with Crippen LogP contribution >= 0.6 is 0 Å². The molecule has 0 radical (unpaired) electrons. The maximum Gasteiger partial charge on any atom is 0.267 e. The number of rotatable bonds is 6. The molecule has 9 nitrogen and oxygen atoms in total. The van der Waals surface area contributed by atoms with Gasteiger partial charge in [-0.2, -0.15) is 4.72 Å². The number of nitrogens with zero attached hydrogens (tertiary/aromatic N) is 1. The van der Waals surface area contributed by atoms with Crippen molar-refractivity contribution in [2.45, 2.75) is 16.9 Å². The van der Waals surface area contributed by atoms with Crippen LogP contribution in [0.25, 0.3) is 0 Å². The largest absolute Gasteiger partial charge is 0.457 e. The van der Waals surface area contributed by atoms with Crippen molar-refractivity contribution in [3.8, 4) is 11.5 Å². The molecule has 26 heavy (non-hydrogen) atoms. The van der Waals surface area contributed by atoms with Gasteiger partial charge in [0, 0.05) is 25.4 Å². The maximum absolute atomic E-state index is 12.6. The summed E-state index contributed by atoms with van der Waals surface area (Å²) in [4.78, 5) is 15.7. The zero-order valence-corrected chi connectivity index (χ0v) is 14.4. The minimum atomic E-state index is -4.01. The molecule has 1 aromatic carbocycles. The molecule has 1 aromatic heterocycles. The molecule has 0 saturated carbocycles. The van der Waals surface area contributed by atoms with Crippen LogP contribution in [0.2, 0.25) is 0 Å². The first-order valence-electron chi connectivity index (χ1n) is 7.69. The number of carbonyl (C=O) groups excluding carboxylic acids is 1. The Morgan fingerprint density at radius 2 is 1.81 bits per heavy atom. The van der Waals surface area contributed by atoms with Crippen molar-refractivity contribution in [2.75, 3.05) is 13.2 Å². The van der Waals surface area contributed by atoms with E-state index in [0.29, 0.717) is 11.5 Å². The van der Waals surface area contributed by atoms with E-state index in [2.05, 4.69) is 9.71 Å². The van der Waals surface area contributed by atoms with E-state index in [4.69, 9.17) is 14.7 Å². The van der Waals surface area contributed by atoms with Crippen LogP contribution in [0.5, 0.6) is 11.5 Å². The van der Waals surface area contributed by atoms with Crippen molar-refractivity contribution in [1.29, 1.82) is 0 Å². The third-order valence-corrected chi connectivity index (χ3v) is 5.46. The molecule has 1 atom stereocenters. The van der Waals surface area contributed by atoms with Crippen LogP contribution in [0, 0.1) is 0 Å². The third-order valence-electron chi connectivity index (χ3n) is 3.91. The lowest BCUT2D eigenvalue weighted by molar-refractivity contribution is -0.135. The van der Waals surface area contributed by atoms with Gasteiger partial charge < -0.3 is 9.47 Å². The van der Waals surface area contributed by atoms with Gasteiger partial charge in [-0.1, -0.05) is 0 Å².